The van der Waals surface area contributed by atoms with Crippen LogP contribution in [0.15, 0.2) is 29.3 Å². The second kappa shape index (κ2) is 11.9. The largest absolute Gasteiger partial charge is 0.381 e. The van der Waals surface area contributed by atoms with Crippen molar-refractivity contribution in [3.8, 4) is 0 Å². The summed E-state index contributed by atoms with van der Waals surface area (Å²) in [5.41, 5.74) is 1.22. The molecule has 1 atom stereocenters. The number of aliphatic imine (C=N–C) groups is 1. The highest BCUT2D eigenvalue weighted by molar-refractivity contribution is 14.0. The van der Waals surface area contributed by atoms with E-state index in [-0.39, 0.29) is 41.4 Å². The lowest BCUT2D eigenvalue weighted by atomic mass is 9.74. The van der Waals surface area contributed by atoms with E-state index in [4.69, 9.17) is 21.1 Å². The molecule has 1 aromatic carbocycles. The van der Waals surface area contributed by atoms with Gasteiger partial charge in [-0.2, -0.15) is 0 Å². The van der Waals surface area contributed by atoms with Gasteiger partial charge in [-0.05, 0) is 43.4 Å². The second-order valence-electron chi connectivity index (χ2n) is 8.62. The number of carbonyl (C=O) groups is 1. The average Bonchev–Trinajstić information content (AvgIpc) is 3.35. The van der Waals surface area contributed by atoms with Gasteiger partial charge in [0.15, 0.2) is 5.96 Å². The van der Waals surface area contributed by atoms with Gasteiger partial charge in [-0.3, -0.25) is 9.79 Å². The number of halogens is 2. The maximum absolute atomic E-state index is 12.6. The van der Waals surface area contributed by atoms with Crippen LogP contribution >= 0.6 is 35.6 Å². The number of amides is 1. The summed E-state index contributed by atoms with van der Waals surface area (Å²) in [7, 11) is 1.82. The molecule has 3 aliphatic heterocycles. The zero-order valence-electron chi connectivity index (χ0n) is 18.7. The minimum atomic E-state index is -0.241. The van der Waals surface area contributed by atoms with E-state index < -0.39 is 0 Å². The van der Waals surface area contributed by atoms with Crippen molar-refractivity contribution in [2.24, 2.45) is 4.99 Å². The molecule has 3 heterocycles. The summed E-state index contributed by atoms with van der Waals surface area (Å²) in [6.07, 6.45) is 3.47. The molecule has 178 valence electrons. The molecular weight excluding hydrogens is 543 g/mol. The summed E-state index contributed by atoms with van der Waals surface area (Å²) in [5, 5.41) is 4.38. The predicted octanol–water partition coefficient (Wildman–Crippen LogP) is 2.90. The number of carbonyl (C=O) groups excluding carboxylic acids is 1. The van der Waals surface area contributed by atoms with Crippen LogP contribution in [-0.2, 0) is 19.7 Å². The van der Waals surface area contributed by atoms with Crippen LogP contribution in [0.2, 0.25) is 5.02 Å². The first kappa shape index (κ1) is 25.5. The van der Waals surface area contributed by atoms with E-state index in [1.54, 1.807) is 0 Å². The molecule has 7 nitrogen and oxygen atoms in total. The fourth-order valence-electron chi connectivity index (χ4n) is 4.84. The van der Waals surface area contributed by atoms with Crippen molar-refractivity contribution in [3.63, 3.8) is 0 Å². The van der Waals surface area contributed by atoms with Gasteiger partial charge >= 0.3 is 0 Å². The zero-order valence-corrected chi connectivity index (χ0v) is 21.8. The van der Waals surface area contributed by atoms with Crippen LogP contribution in [0.1, 0.15) is 31.2 Å². The number of hydrogen-bond acceptors (Lipinski definition) is 4. The van der Waals surface area contributed by atoms with Crippen LogP contribution in [0.4, 0.5) is 0 Å². The number of piperazine rings is 1. The Morgan fingerprint density at radius 1 is 1.19 bits per heavy atom. The fraction of sp³-hybridized carbons (Fsp3) is 0.652. The lowest BCUT2D eigenvalue weighted by molar-refractivity contribution is -0.142. The molecule has 1 aromatic rings. The van der Waals surface area contributed by atoms with Gasteiger partial charge in [0.2, 0.25) is 0 Å². The van der Waals surface area contributed by atoms with Crippen molar-refractivity contribution in [1.29, 1.82) is 0 Å². The van der Waals surface area contributed by atoms with Crippen molar-refractivity contribution in [2.75, 3.05) is 59.6 Å². The molecule has 3 aliphatic rings. The Balaban J connectivity index is 0.00000289. The molecule has 3 fully saturated rings. The van der Waals surface area contributed by atoms with Crippen molar-refractivity contribution in [2.45, 2.75) is 37.2 Å². The summed E-state index contributed by atoms with van der Waals surface area (Å²) >= 11 is 6.30. The molecule has 0 aromatic heterocycles. The van der Waals surface area contributed by atoms with E-state index >= 15 is 0 Å². The Bertz CT molecular complexity index is 789. The Hall–Kier alpha value is -1.10. The zero-order chi connectivity index (χ0) is 21.7. The van der Waals surface area contributed by atoms with Crippen LogP contribution < -0.4 is 5.32 Å². The maximum atomic E-state index is 12.6. The van der Waals surface area contributed by atoms with Crippen LogP contribution in [0.25, 0.3) is 0 Å². The summed E-state index contributed by atoms with van der Waals surface area (Å²) in [5.74, 6) is 1.03. The highest BCUT2D eigenvalue weighted by Gasteiger charge is 2.36. The molecule has 3 saturated heterocycles. The van der Waals surface area contributed by atoms with Crippen molar-refractivity contribution >= 4 is 47.4 Å². The van der Waals surface area contributed by atoms with Gasteiger partial charge in [-0.15, -0.1) is 24.0 Å². The molecule has 0 bridgehead atoms. The smallest absolute Gasteiger partial charge is 0.251 e. The van der Waals surface area contributed by atoms with E-state index in [9.17, 15) is 4.79 Å². The normalized spacial score (nSPS) is 23.6. The number of hydrogen-bond donors (Lipinski definition) is 1. The minimum absolute atomic E-state index is 0. The van der Waals surface area contributed by atoms with E-state index in [1.165, 1.54) is 5.56 Å². The molecule has 9 heteroatoms. The Kier molecular flexibility index (Phi) is 9.45. The highest BCUT2D eigenvalue weighted by Crippen LogP contribution is 2.35. The molecular formula is C23H34ClIN4O3. The Morgan fingerprint density at radius 3 is 2.53 bits per heavy atom. The number of benzene rings is 1. The van der Waals surface area contributed by atoms with Crippen molar-refractivity contribution in [3.05, 3.63) is 34.9 Å². The highest BCUT2D eigenvalue weighted by atomic mass is 127. The number of nitrogens with zero attached hydrogens (tertiary/aromatic N) is 3. The molecule has 1 unspecified atom stereocenters. The number of nitrogens with one attached hydrogen (secondary N) is 1. The first-order chi connectivity index (χ1) is 15.1. The van der Waals surface area contributed by atoms with E-state index in [2.05, 4.69) is 27.3 Å². The monoisotopic (exact) mass is 576 g/mol. The molecule has 32 heavy (non-hydrogen) atoms. The van der Waals surface area contributed by atoms with Crippen molar-refractivity contribution < 1.29 is 14.3 Å². The fourth-order valence-corrected chi connectivity index (χ4v) is 5.03. The lowest BCUT2D eigenvalue weighted by Crippen LogP contribution is -2.56. The van der Waals surface area contributed by atoms with Gasteiger partial charge in [-0.25, -0.2) is 0 Å². The van der Waals surface area contributed by atoms with Gasteiger partial charge in [0, 0.05) is 70.0 Å². The number of ether oxygens (including phenoxy) is 2. The molecule has 0 radical (unpaired) electrons. The molecule has 1 amide bonds. The maximum Gasteiger partial charge on any atom is 0.251 e. The van der Waals surface area contributed by atoms with E-state index in [0.29, 0.717) is 19.7 Å². The topological polar surface area (TPSA) is 66.4 Å². The minimum Gasteiger partial charge on any atom is -0.381 e. The van der Waals surface area contributed by atoms with Crippen molar-refractivity contribution in [1.82, 2.24) is 15.1 Å². The van der Waals surface area contributed by atoms with Gasteiger partial charge in [0.25, 0.3) is 5.91 Å². The third-order valence-corrected chi connectivity index (χ3v) is 7.01. The third-order valence-electron chi connectivity index (χ3n) is 6.78. The van der Waals surface area contributed by atoms with Crippen LogP contribution in [0.5, 0.6) is 0 Å². The first-order valence-corrected chi connectivity index (χ1v) is 11.7. The number of guanidine groups is 1. The van der Waals surface area contributed by atoms with Crippen LogP contribution in [-0.4, -0.2) is 87.4 Å². The first-order valence-electron chi connectivity index (χ1n) is 11.3. The third kappa shape index (κ3) is 5.87. The second-order valence-corrected chi connectivity index (χ2v) is 9.05. The van der Waals surface area contributed by atoms with Gasteiger partial charge < -0.3 is 24.6 Å². The lowest BCUT2D eigenvalue weighted by Gasteiger charge is -2.41. The van der Waals surface area contributed by atoms with E-state index in [0.717, 1.165) is 69.5 Å². The predicted molar refractivity (Wildman–Crippen MR) is 137 cm³/mol. The molecule has 0 saturated carbocycles. The summed E-state index contributed by atoms with van der Waals surface area (Å²) in [6.45, 7) is 5.91. The number of rotatable bonds is 4. The van der Waals surface area contributed by atoms with E-state index in [1.807, 2.05) is 24.1 Å². The van der Waals surface area contributed by atoms with Gasteiger partial charge in [0.1, 0.15) is 6.10 Å². The molecule has 0 aliphatic carbocycles. The van der Waals surface area contributed by atoms with Gasteiger partial charge in [0.05, 0.1) is 0 Å². The van der Waals surface area contributed by atoms with Gasteiger partial charge in [-0.1, -0.05) is 23.7 Å². The SMILES string of the molecule is CN=C(NCC1(c2cccc(Cl)c2)CCOCC1)N1CCN(C(=O)C2CCCO2)CC1.I. The van der Waals surface area contributed by atoms with Crippen LogP contribution in [0, 0.1) is 0 Å². The summed E-state index contributed by atoms with van der Waals surface area (Å²) in [4.78, 5) is 21.3. The Labute approximate surface area is 212 Å². The quantitative estimate of drug-likeness (QED) is 0.339. The molecule has 4 rings (SSSR count). The Morgan fingerprint density at radius 2 is 1.91 bits per heavy atom. The average molecular weight is 577 g/mol. The molecule has 1 N–H and O–H groups in total. The van der Waals surface area contributed by atoms with Crippen LogP contribution in [0.3, 0.4) is 0 Å². The summed E-state index contributed by atoms with van der Waals surface area (Å²) in [6, 6.07) is 8.18. The standard InChI is InChI=1S/C23H33ClN4O3.HI/c1-25-22(28-11-9-27(10-12-28)21(29)20-6-3-13-31-20)26-17-23(7-14-30-15-8-23)18-4-2-5-19(24)16-18;/h2,4-5,16,20H,3,6-15,17H2,1H3,(H,25,26);1H. The molecule has 0 spiro atoms. The summed E-state index contributed by atoms with van der Waals surface area (Å²) < 4.78 is 11.2.